The number of rotatable bonds is 14. The van der Waals surface area contributed by atoms with E-state index in [9.17, 15) is 30.2 Å². The van der Waals surface area contributed by atoms with E-state index < -0.39 is 215 Å². The van der Waals surface area contributed by atoms with Crippen molar-refractivity contribution in [3.05, 3.63) is 442 Å². The van der Waals surface area contributed by atoms with Gasteiger partial charge in [0.25, 0.3) is 0 Å². The quantitative estimate of drug-likeness (QED) is 0.109. The molecule has 0 aliphatic heterocycles. The van der Waals surface area contributed by atoms with Gasteiger partial charge in [-0.2, -0.15) is 0 Å². The van der Waals surface area contributed by atoms with Crippen LogP contribution >= 0.6 is 0 Å². The van der Waals surface area contributed by atoms with Crippen molar-refractivity contribution in [1.82, 2.24) is 22.7 Å². The van der Waals surface area contributed by atoms with Crippen LogP contribution in [0.1, 0.15) is 41.1 Å². The van der Waals surface area contributed by atoms with Gasteiger partial charge in [0.05, 0.1) is 125 Å². The third-order valence-electron chi connectivity index (χ3n) is 23.1. The molecule has 121 heavy (non-hydrogen) atoms. The minimum Gasteiger partial charge on any atom is -0.309 e. The van der Waals surface area contributed by atoms with Crippen LogP contribution in [0.5, 0.6) is 0 Å². The van der Waals surface area contributed by atoms with Crippen molar-refractivity contribution in [2.75, 3.05) is 9.80 Å². The average molecular weight is 1570 g/mol. The first-order chi connectivity index (χ1) is 72.6. The van der Waals surface area contributed by atoms with E-state index in [1.54, 1.807) is 36.4 Å². The van der Waals surface area contributed by atoms with Crippen molar-refractivity contribution in [3.63, 3.8) is 0 Å². The van der Waals surface area contributed by atoms with E-state index in [4.69, 9.17) is 11.0 Å². The molecule has 0 fully saturated rings. The van der Waals surface area contributed by atoms with Crippen molar-refractivity contribution >= 4 is 159 Å². The molecule has 0 spiro atoms. The molecule has 0 aliphatic rings. The Kier molecular flexibility index (Phi) is 10.1. The zero-order valence-electron chi connectivity index (χ0n) is 93.5. The molecule has 7 heteroatoms. The highest BCUT2D eigenvalue weighted by atomic mass is 15.2. The van der Waals surface area contributed by atoms with Crippen LogP contribution in [-0.4, -0.2) is 22.7 Å². The summed E-state index contributed by atoms with van der Waals surface area (Å²) < 4.78 is 297. The van der Waals surface area contributed by atoms with Crippen LogP contribution in [0.15, 0.2) is 442 Å². The van der Waals surface area contributed by atoms with Gasteiger partial charge >= 0.3 is 0 Å². The fourth-order valence-corrected chi connectivity index (χ4v) is 18.2. The molecule has 0 radical (unpaired) electrons. The number of para-hydroxylation sites is 10. The standard InChI is InChI=1S/C114H73N7/c1-5-33-74(34-6-1)84-53-31-54-85(75-35-7-2-8-36-75)112(84)119(80-43-29-41-78(69-80)115-102-61-25-17-49-92(102)96-71-82(65-67-106(96)115)117-98-57-21-13-45-88(98)89-46-14-22-58-99(89)117)108-73-109(111-95-52-20-28-64-105(95)121-104-63-27-19-51-94(104)110(108)114(111)121)120(113-86(76-37-9-3-10-38-76)55-32-56-87(113)77-39-11-4-12-40-77)81-44-30-42-79(70-81)116-103-62-26-18-50-93(103)97-72-83(66-68-107(97)116)118-100-59-23-15-47-90(100)91-48-16-24-60-101(91)118/h1-73H/i13D,14D,15D,16D,17D,18D,21D,22D,23D,24D,25D,26D,45D,46D,47D,48D,49D,50D,57D,58D,59D,60D,61D,62D,65D,66D,67D,68D,71D,72D. The maximum atomic E-state index is 10.8. The number of aromatic nitrogens is 5. The van der Waals surface area contributed by atoms with Crippen molar-refractivity contribution in [2.24, 2.45) is 0 Å². The predicted molar refractivity (Wildman–Crippen MR) is 510 cm³/mol. The molecule has 25 rings (SSSR count). The highest BCUT2D eigenvalue weighted by molar-refractivity contribution is 6.32. The van der Waals surface area contributed by atoms with Gasteiger partial charge in [-0.25, -0.2) is 0 Å². The number of anilines is 6. The molecule has 0 unspecified atom stereocenters. The van der Waals surface area contributed by atoms with E-state index >= 15 is 0 Å². The SMILES string of the molecule is [2H]c1c([2H])c([2H])c2c(c1[2H])c1c([2H])c(-n3c4c([2H])c([2H])c([2H])c([2H])c4c4c([2H])c([2H])c([2H])c([2H])c43)c([2H])c([2H])c1n2-c1cccc(N(c2c(-c3ccccc3)cccc2-c2ccccc2)c2cc(N(c3cccc(-n4c5c([2H])c([2H])c([2H])c([2H])c5c5c([2H])c(-n6c7c([2H])c([2H])c([2H])c([2H])c7c7c([2H])c([2H])c([2H])c([2H])c76)c([2H])c([2H])c54)c3)c3c(-c4ccccc4)cccc3-c3ccccc3)c3c4ccccc4n4c5ccccc5c2c34)c1. The smallest absolute Gasteiger partial charge is 0.0662 e. The first-order valence-electron chi connectivity index (χ1n) is 54.2. The summed E-state index contributed by atoms with van der Waals surface area (Å²) in [5.41, 5.74) is 6.33. The van der Waals surface area contributed by atoms with Gasteiger partial charge < -0.3 is 32.5 Å². The Hall–Kier alpha value is -16.2. The van der Waals surface area contributed by atoms with E-state index in [0.29, 0.717) is 72.7 Å². The second-order valence-corrected chi connectivity index (χ2v) is 29.5. The lowest BCUT2D eigenvalue weighted by molar-refractivity contribution is 1.16. The molecule has 0 aliphatic carbocycles. The van der Waals surface area contributed by atoms with Crippen LogP contribution in [0.25, 0.3) is 193 Å². The number of benzene rings is 19. The third kappa shape index (κ3) is 10.4. The molecule has 7 nitrogen and oxygen atoms in total. The van der Waals surface area contributed by atoms with Gasteiger partial charge in [-0.05, 0) is 149 Å². The lowest BCUT2D eigenvalue weighted by atomic mass is 9.92. The van der Waals surface area contributed by atoms with Gasteiger partial charge in [0.15, 0.2) is 0 Å². The first kappa shape index (κ1) is 44.8. The lowest BCUT2D eigenvalue weighted by Gasteiger charge is -2.35. The molecule has 0 N–H and O–H groups in total. The van der Waals surface area contributed by atoms with Gasteiger partial charge in [0.1, 0.15) is 0 Å². The fraction of sp³-hybridized carbons (Fsp3) is 0. The second-order valence-electron chi connectivity index (χ2n) is 29.5. The maximum absolute atomic E-state index is 10.8. The summed E-state index contributed by atoms with van der Waals surface area (Å²) >= 11 is 0. The van der Waals surface area contributed by atoms with Crippen molar-refractivity contribution in [3.8, 4) is 67.3 Å². The molecule has 564 valence electrons. The van der Waals surface area contributed by atoms with Crippen LogP contribution in [0, 0.1) is 0 Å². The zero-order chi connectivity index (χ0) is 105. The summed E-state index contributed by atoms with van der Waals surface area (Å²) in [6, 6.07) is 60.8. The molecule has 6 aromatic heterocycles. The van der Waals surface area contributed by atoms with Crippen molar-refractivity contribution in [2.45, 2.75) is 0 Å². The van der Waals surface area contributed by atoms with Gasteiger partial charge in [0.2, 0.25) is 0 Å². The van der Waals surface area contributed by atoms with Gasteiger partial charge in [-0.1, -0.05) is 315 Å². The van der Waals surface area contributed by atoms with Crippen LogP contribution in [0.4, 0.5) is 34.1 Å². The predicted octanol–water partition coefficient (Wildman–Crippen LogP) is 30.8. The normalized spacial score (nSPS) is 15.4. The van der Waals surface area contributed by atoms with E-state index in [1.165, 1.54) is 9.13 Å². The summed E-state index contributed by atoms with van der Waals surface area (Å²) in [6.45, 7) is 0. The molecule has 25 aromatic rings. The van der Waals surface area contributed by atoms with Crippen LogP contribution in [0.3, 0.4) is 0 Å². The Morgan fingerprint density at radius 1 is 0.207 bits per heavy atom. The highest BCUT2D eigenvalue weighted by Crippen LogP contribution is 2.58. The molecule has 19 aromatic carbocycles. The molecular formula is C114H73N7. The monoisotopic (exact) mass is 1570 g/mol. The first-order valence-corrected chi connectivity index (χ1v) is 39.2. The summed E-state index contributed by atoms with van der Waals surface area (Å²) in [5.74, 6) is 0. The third-order valence-corrected chi connectivity index (χ3v) is 23.1. The zero-order valence-corrected chi connectivity index (χ0v) is 63.5. The number of nitrogens with zero attached hydrogens (tertiary/aromatic N) is 7. The second kappa shape index (κ2) is 27.2. The van der Waals surface area contributed by atoms with Gasteiger partial charge in [-0.3, -0.25) is 0 Å². The summed E-state index contributed by atoms with van der Waals surface area (Å²) in [4.78, 5) is 4.26. The molecular weight excluding hydrogens is 1470 g/mol. The Bertz CT molecular complexity index is 9570. The molecule has 0 atom stereocenters. The Morgan fingerprint density at radius 2 is 0.488 bits per heavy atom. The van der Waals surface area contributed by atoms with Gasteiger partial charge in [0, 0.05) is 121 Å². The number of fused-ring (bicyclic) bond motifs is 18. The van der Waals surface area contributed by atoms with E-state index in [2.05, 4.69) is 20.3 Å². The molecule has 6 heterocycles. The molecule has 0 saturated heterocycles. The van der Waals surface area contributed by atoms with Crippen molar-refractivity contribution in [1.29, 1.82) is 0 Å². The average Bonchev–Trinajstić information content (AvgIpc) is 1.52. The van der Waals surface area contributed by atoms with Crippen LogP contribution in [0.2, 0.25) is 0 Å². The minimum absolute atomic E-state index is 0.0940. The summed E-state index contributed by atoms with van der Waals surface area (Å²) in [6.07, 6.45) is 0. The van der Waals surface area contributed by atoms with Gasteiger partial charge in [-0.15, -0.1) is 0 Å². The minimum atomic E-state index is -0.818. The van der Waals surface area contributed by atoms with Crippen LogP contribution in [-0.2, 0) is 0 Å². The molecule has 0 saturated carbocycles. The van der Waals surface area contributed by atoms with Crippen LogP contribution < -0.4 is 9.80 Å². The lowest BCUT2D eigenvalue weighted by Crippen LogP contribution is -2.17. The maximum Gasteiger partial charge on any atom is 0.0662 e. The van der Waals surface area contributed by atoms with E-state index in [-0.39, 0.29) is 76.5 Å². The fourth-order valence-electron chi connectivity index (χ4n) is 18.2. The Labute approximate surface area is 739 Å². The Balaban J connectivity index is 0.835. The topological polar surface area (TPSA) is 30.6 Å². The number of hydrogen-bond acceptors (Lipinski definition) is 2. The highest BCUT2D eigenvalue weighted by Gasteiger charge is 2.34. The van der Waals surface area contributed by atoms with E-state index in [0.717, 1.165) is 53.2 Å². The molecule has 0 bridgehead atoms. The summed E-state index contributed by atoms with van der Waals surface area (Å²) in [7, 11) is 0. The summed E-state index contributed by atoms with van der Waals surface area (Å²) in [5, 5.41) is -0.0656. The molecule has 0 amide bonds. The Morgan fingerprint density at radius 3 is 0.826 bits per heavy atom. The van der Waals surface area contributed by atoms with Crippen molar-refractivity contribution < 1.29 is 41.1 Å². The largest absolute Gasteiger partial charge is 0.309 e. The number of hydrogen-bond donors (Lipinski definition) is 0. The van der Waals surface area contributed by atoms with E-state index in [1.807, 2.05) is 218 Å².